The Kier molecular flexibility index (Phi) is 4.57. The van der Waals surface area contributed by atoms with E-state index in [-0.39, 0.29) is 5.75 Å². The summed E-state index contributed by atoms with van der Waals surface area (Å²) in [4.78, 5) is 0. The molecular weight excluding hydrogens is 286 g/mol. The summed E-state index contributed by atoms with van der Waals surface area (Å²) in [6.45, 7) is -0.990. The Morgan fingerprint density at radius 2 is 1.65 bits per heavy atom. The molecule has 0 fully saturated rings. The van der Waals surface area contributed by atoms with Crippen LogP contribution in [0.4, 0.5) is 8.78 Å². The van der Waals surface area contributed by atoms with Gasteiger partial charge in [0.05, 0.1) is 0 Å². The Balaban J connectivity index is 2.20. The molecular formula is C15H13ClF2O2. The molecule has 0 bridgehead atoms. The third-order valence-electron chi connectivity index (χ3n) is 2.93. The molecule has 0 aliphatic rings. The maximum atomic E-state index is 12.0. The molecule has 0 heterocycles. The highest BCUT2D eigenvalue weighted by atomic mass is 35.5. The van der Waals surface area contributed by atoms with Crippen LogP contribution >= 0.6 is 11.6 Å². The number of aliphatic hydroxyl groups is 1. The number of alkyl halides is 2. The number of aryl methyl sites for hydroxylation is 1. The fourth-order valence-electron chi connectivity index (χ4n) is 1.80. The van der Waals surface area contributed by atoms with E-state index in [9.17, 15) is 13.9 Å². The Bertz CT molecular complexity index is 585. The van der Waals surface area contributed by atoms with Crippen LogP contribution in [0, 0.1) is 6.92 Å². The Hall–Kier alpha value is -1.65. The van der Waals surface area contributed by atoms with Crippen LogP contribution in [0.5, 0.6) is 5.75 Å². The molecule has 5 heteroatoms. The number of halogens is 3. The van der Waals surface area contributed by atoms with Crippen LogP contribution in [0.15, 0.2) is 42.5 Å². The third kappa shape index (κ3) is 3.46. The molecule has 2 rings (SSSR count). The maximum Gasteiger partial charge on any atom is 0.387 e. The minimum Gasteiger partial charge on any atom is -0.435 e. The van der Waals surface area contributed by atoms with Crippen LogP contribution in [0.2, 0.25) is 5.02 Å². The van der Waals surface area contributed by atoms with Crippen LogP contribution < -0.4 is 4.74 Å². The van der Waals surface area contributed by atoms with Gasteiger partial charge in [0.25, 0.3) is 0 Å². The van der Waals surface area contributed by atoms with E-state index in [4.69, 9.17) is 11.6 Å². The summed E-state index contributed by atoms with van der Waals surface area (Å²) in [5, 5.41) is 10.8. The van der Waals surface area contributed by atoms with Gasteiger partial charge in [0.1, 0.15) is 11.9 Å². The zero-order chi connectivity index (χ0) is 14.7. The van der Waals surface area contributed by atoms with Gasteiger partial charge in [0.15, 0.2) is 0 Å². The van der Waals surface area contributed by atoms with E-state index >= 15 is 0 Å². The van der Waals surface area contributed by atoms with Gasteiger partial charge in [-0.2, -0.15) is 8.78 Å². The Morgan fingerprint density at radius 3 is 2.20 bits per heavy atom. The number of ether oxygens (including phenoxy) is 1. The highest BCUT2D eigenvalue weighted by Gasteiger charge is 2.12. The summed E-state index contributed by atoms with van der Waals surface area (Å²) >= 11 is 6.01. The van der Waals surface area contributed by atoms with E-state index < -0.39 is 12.7 Å². The number of hydrogen-bond acceptors (Lipinski definition) is 2. The molecule has 106 valence electrons. The molecule has 0 saturated carbocycles. The van der Waals surface area contributed by atoms with E-state index in [1.165, 1.54) is 24.3 Å². The smallest absolute Gasteiger partial charge is 0.387 e. The van der Waals surface area contributed by atoms with Crippen molar-refractivity contribution >= 4 is 11.6 Å². The van der Waals surface area contributed by atoms with Crippen molar-refractivity contribution in [1.82, 2.24) is 0 Å². The van der Waals surface area contributed by atoms with Gasteiger partial charge in [-0.1, -0.05) is 35.9 Å². The lowest BCUT2D eigenvalue weighted by Gasteiger charge is -2.13. The second-order valence-electron chi connectivity index (χ2n) is 4.36. The SMILES string of the molecule is Cc1ccc(C(O)c2ccc(OC(F)F)cc2)cc1Cl. The average Bonchev–Trinajstić information content (AvgIpc) is 2.41. The molecule has 0 saturated heterocycles. The molecule has 0 radical (unpaired) electrons. The van der Waals surface area contributed by atoms with Crippen molar-refractivity contribution in [2.75, 3.05) is 0 Å². The predicted molar refractivity (Wildman–Crippen MR) is 73.3 cm³/mol. The van der Waals surface area contributed by atoms with Gasteiger partial charge >= 0.3 is 6.61 Å². The predicted octanol–water partition coefficient (Wildman–Crippen LogP) is 4.33. The Labute approximate surface area is 120 Å². The van der Waals surface area contributed by atoms with Crippen molar-refractivity contribution in [3.63, 3.8) is 0 Å². The number of hydrogen-bond donors (Lipinski definition) is 1. The molecule has 20 heavy (non-hydrogen) atoms. The molecule has 0 aliphatic heterocycles. The van der Waals surface area contributed by atoms with Gasteiger partial charge in [-0.25, -0.2) is 0 Å². The summed E-state index contributed by atoms with van der Waals surface area (Å²) in [7, 11) is 0. The number of aliphatic hydroxyl groups excluding tert-OH is 1. The van der Waals surface area contributed by atoms with Crippen molar-refractivity contribution in [3.8, 4) is 5.75 Å². The lowest BCUT2D eigenvalue weighted by molar-refractivity contribution is -0.0498. The fourth-order valence-corrected chi connectivity index (χ4v) is 1.99. The molecule has 2 aromatic rings. The van der Waals surface area contributed by atoms with Crippen molar-refractivity contribution in [2.24, 2.45) is 0 Å². The normalized spacial score (nSPS) is 12.5. The zero-order valence-corrected chi connectivity index (χ0v) is 11.4. The van der Waals surface area contributed by atoms with E-state index in [2.05, 4.69) is 4.74 Å². The molecule has 0 aliphatic carbocycles. The topological polar surface area (TPSA) is 29.5 Å². The fraction of sp³-hybridized carbons (Fsp3) is 0.200. The van der Waals surface area contributed by atoms with Gasteiger partial charge in [-0.15, -0.1) is 0 Å². The van der Waals surface area contributed by atoms with Crippen LogP contribution in [0.1, 0.15) is 22.8 Å². The summed E-state index contributed by atoms with van der Waals surface area (Å²) in [5.41, 5.74) is 2.14. The van der Waals surface area contributed by atoms with Crippen LogP contribution in [0.25, 0.3) is 0 Å². The monoisotopic (exact) mass is 298 g/mol. The van der Waals surface area contributed by atoms with Gasteiger partial charge < -0.3 is 9.84 Å². The van der Waals surface area contributed by atoms with E-state index in [1.54, 1.807) is 12.1 Å². The van der Waals surface area contributed by atoms with Crippen LogP contribution in [0.3, 0.4) is 0 Å². The summed E-state index contributed by atoms with van der Waals surface area (Å²) < 4.78 is 28.3. The molecule has 0 spiro atoms. The molecule has 0 amide bonds. The highest BCUT2D eigenvalue weighted by Crippen LogP contribution is 2.27. The molecule has 2 aromatic carbocycles. The van der Waals surface area contributed by atoms with Crippen molar-refractivity contribution in [2.45, 2.75) is 19.6 Å². The average molecular weight is 299 g/mol. The largest absolute Gasteiger partial charge is 0.435 e. The minimum atomic E-state index is -2.86. The van der Waals surface area contributed by atoms with Crippen molar-refractivity contribution in [1.29, 1.82) is 0 Å². The summed E-state index contributed by atoms with van der Waals surface area (Å²) in [5.74, 6) is 0.0536. The standard InChI is InChI=1S/C15H13ClF2O2/c1-9-2-3-11(8-13(9)16)14(19)10-4-6-12(7-5-10)20-15(17)18/h2-8,14-15,19H,1H3. The van der Waals surface area contributed by atoms with Gasteiger partial charge in [0, 0.05) is 5.02 Å². The summed E-state index contributed by atoms with van der Waals surface area (Å²) in [6, 6.07) is 11.1. The first-order valence-electron chi connectivity index (χ1n) is 5.96. The number of rotatable bonds is 4. The molecule has 0 aromatic heterocycles. The summed E-state index contributed by atoms with van der Waals surface area (Å²) in [6.07, 6.45) is -0.867. The van der Waals surface area contributed by atoms with Gasteiger partial charge in [0.2, 0.25) is 0 Å². The van der Waals surface area contributed by atoms with Gasteiger partial charge in [-0.05, 0) is 41.8 Å². The van der Waals surface area contributed by atoms with E-state index in [0.29, 0.717) is 16.1 Å². The molecule has 1 unspecified atom stereocenters. The van der Waals surface area contributed by atoms with Crippen LogP contribution in [-0.4, -0.2) is 11.7 Å². The first kappa shape index (κ1) is 14.8. The van der Waals surface area contributed by atoms with Crippen molar-refractivity contribution < 1.29 is 18.6 Å². The quantitative estimate of drug-likeness (QED) is 0.910. The van der Waals surface area contributed by atoms with E-state index in [1.807, 2.05) is 13.0 Å². The molecule has 2 nitrogen and oxygen atoms in total. The van der Waals surface area contributed by atoms with Crippen LogP contribution in [-0.2, 0) is 0 Å². The van der Waals surface area contributed by atoms with E-state index in [0.717, 1.165) is 5.56 Å². The first-order chi connectivity index (χ1) is 9.47. The second kappa shape index (κ2) is 6.20. The third-order valence-corrected chi connectivity index (χ3v) is 3.34. The maximum absolute atomic E-state index is 12.0. The highest BCUT2D eigenvalue weighted by molar-refractivity contribution is 6.31. The Morgan fingerprint density at radius 1 is 1.05 bits per heavy atom. The number of benzene rings is 2. The molecule has 1 atom stereocenters. The zero-order valence-electron chi connectivity index (χ0n) is 10.7. The van der Waals surface area contributed by atoms with Gasteiger partial charge in [-0.3, -0.25) is 0 Å². The van der Waals surface area contributed by atoms with Crippen molar-refractivity contribution in [3.05, 3.63) is 64.2 Å². The minimum absolute atomic E-state index is 0.0536. The lowest BCUT2D eigenvalue weighted by atomic mass is 10.0. The molecule has 1 N–H and O–H groups in total. The first-order valence-corrected chi connectivity index (χ1v) is 6.34. The lowest BCUT2D eigenvalue weighted by Crippen LogP contribution is -2.03. The second-order valence-corrected chi connectivity index (χ2v) is 4.77.